The molecule has 30 heavy (non-hydrogen) atoms. The Bertz CT molecular complexity index is 566. The number of aliphatic hydroxyl groups excluding tert-OH is 2. The van der Waals surface area contributed by atoms with Gasteiger partial charge in [0.25, 0.3) is 0 Å². The summed E-state index contributed by atoms with van der Waals surface area (Å²) in [5.41, 5.74) is -0.355. The van der Waals surface area contributed by atoms with Crippen LogP contribution >= 0.6 is 0 Å². The Morgan fingerprint density at radius 1 is 1.00 bits per heavy atom. The van der Waals surface area contributed by atoms with Crippen LogP contribution in [0, 0.1) is 0 Å². The zero-order chi connectivity index (χ0) is 23.5. The molecule has 3 unspecified atom stereocenters. The lowest BCUT2D eigenvalue weighted by molar-refractivity contribution is -0.141. The Morgan fingerprint density at radius 3 is 2.03 bits per heavy atom. The van der Waals surface area contributed by atoms with Crippen molar-refractivity contribution in [2.45, 2.75) is 103 Å². The quantitative estimate of drug-likeness (QED) is 0.192. The molecule has 0 rings (SSSR count). The van der Waals surface area contributed by atoms with Crippen molar-refractivity contribution in [1.29, 1.82) is 0 Å². The summed E-state index contributed by atoms with van der Waals surface area (Å²) in [7, 11) is 0.0461. The molecule has 7 nitrogen and oxygen atoms in total. The van der Waals surface area contributed by atoms with Gasteiger partial charge in [-0.1, -0.05) is 59.8 Å². The van der Waals surface area contributed by atoms with E-state index in [-0.39, 0.29) is 10.6 Å². The number of carbonyl (C=O) groups is 2. The first-order valence-corrected chi connectivity index (χ1v) is 13.6. The molecule has 8 heteroatoms. The molecule has 0 aliphatic heterocycles. The molecule has 0 aliphatic rings. The van der Waals surface area contributed by atoms with E-state index in [9.17, 15) is 19.8 Å². The van der Waals surface area contributed by atoms with Gasteiger partial charge in [-0.15, -0.1) is 0 Å². The van der Waals surface area contributed by atoms with Gasteiger partial charge in [-0.2, -0.15) is 0 Å². The van der Waals surface area contributed by atoms with Crippen LogP contribution in [0.4, 0.5) is 0 Å². The summed E-state index contributed by atoms with van der Waals surface area (Å²) in [6.07, 6.45) is 2.89. The van der Waals surface area contributed by atoms with Crippen LogP contribution in [-0.4, -0.2) is 63.0 Å². The smallest absolute Gasteiger partial charge is 0.336 e. The standard InChI is InChI=1S/C22H42O7Si/c1-9-10-11-12-13-14-17(29-30(7,8)22(2,3)4)20(25)19(24)16(21(26)28-6)15-18(23)27-5/h15,17,19-20,24-25H,9-14H2,1-8H3. The minimum Gasteiger partial charge on any atom is -0.466 e. The first kappa shape index (κ1) is 28.8. The molecule has 0 saturated carbocycles. The minimum atomic E-state index is -2.26. The fourth-order valence-corrected chi connectivity index (χ4v) is 4.13. The van der Waals surface area contributed by atoms with E-state index in [0.717, 1.165) is 52.4 Å². The van der Waals surface area contributed by atoms with Gasteiger partial charge in [-0.3, -0.25) is 0 Å². The number of unbranched alkanes of at least 4 members (excludes halogenated alkanes) is 4. The number of aliphatic hydroxyl groups is 2. The highest BCUT2D eigenvalue weighted by Gasteiger charge is 2.42. The lowest BCUT2D eigenvalue weighted by atomic mass is 9.96. The molecule has 0 radical (unpaired) electrons. The second-order valence-electron chi connectivity index (χ2n) is 9.17. The molecular weight excluding hydrogens is 404 g/mol. The van der Waals surface area contributed by atoms with Crippen molar-refractivity contribution in [3.8, 4) is 0 Å². The van der Waals surface area contributed by atoms with Gasteiger partial charge in [0.2, 0.25) is 0 Å². The van der Waals surface area contributed by atoms with E-state index in [1.54, 1.807) is 0 Å². The highest BCUT2D eigenvalue weighted by molar-refractivity contribution is 6.74. The molecule has 0 spiro atoms. The van der Waals surface area contributed by atoms with Crippen LogP contribution in [0.1, 0.15) is 66.2 Å². The van der Waals surface area contributed by atoms with Gasteiger partial charge in [0, 0.05) is 6.08 Å². The first-order valence-electron chi connectivity index (χ1n) is 10.7. The van der Waals surface area contributed by atoms with Crippen molar-refractivity contribution < 1.29 is 33.7 Å². The summed E-state index contributed by atoms with van der Waals surface area (Å²) in [5.74, 6) is -1.72. The third kappa shape index (κ3) is 9.28. The van der Waals surface area contributed by atoms with Crippen molar-refractivity contribution >= 4 is 20.3 Å². The Labute approximate surface area is 182 Å². The normalized spacial score (nSPS) is 16.0. The SMILES string of the molecule is CCCCCCCC(O[Si](C)(C)C(C)(C)C)C(O)C(O)C(=CC(=O)OC)C(=O)OC. The lowest BCUT2D eigenvalue weighted by Crippen LogP contribution is -2.50. The van der Waals surface area contributed by atoms with E-state index < -0.39 is 38.6 Å². The molecular formula is C22H42O7Si. The van der Waals surface area contributed by atoms with E-state index in [4.69, 9.17) is 4.43 Å². The highest BCUT2D eigenvalue weighted by atomic mass is 28.4. The number of methoxy groups -OCH3 is 2. The van der Waals surface area contributed by atoms with Gasteiger partial charge >= 0.3 is 11.9 Å². The second kappa shape index (κ2) is 13.2. The van der Waals surface area contributed by atoms with Crippen LogP contribution in [0.3, 0.4) is 0 Å². The summed E-state index contributed by atoms with van der Waals surface area (Å²) in [6, 6.07) is 0. The second-order valence-corrected chi connectivity index (χ2v) is 13.9. The molecule has 0 amide bonds. The van der Waals surface area contributed by atoms with Crippen molar-refractivity contribution in [2.24, 2.45) is 0 Å². The number of esters is 2. The zero-order valence-electron chi connectivity index (χ0n) is 20.0. The number of hydrogen-bond donors (Lipinski definition) is 2. The maximum Gasteiger partial charge on any atom is 0.336 e. The molecule has 2 N–H and O–H groups in total. The predicted molar refractivity (Wildman–Crippen MR) is 120 cm³/mol. The molecule has 0 aromatic rings. The number of rotatable bonds is 13. The third-order valence-corrected chi connectivity index (χ3v) is 10.3. The Kier molecular flexibility index (Phi) is 12.7. The average Bonchev–Trinajstić information content (AvgIpc) is 2.68. The van der Waals surface area contributed by atoms with Crippen LogP contribution in [0.15, 0.2) is 11.6 Å². The minimum absolute atomic E-state index is 0.0921. The van der Waals surface area contributed by atoms with E-state index in [1.165, 1.54) is 0 Å². The largest absolute Gasteiger partial charge is 0.466 e. The van der Waals surface area contributed by atoms with Crippen LogP contribution in [-0.2, 0) is 23.5 Å². The molecule has 0 heterocycles. The van der Waals surface area contributed by atoms with Crippen LogP contribution in [0.5, 0.6) is 0 Å². The van der Waals surface area contributed by atoms with Crippen molar-refractivity contribution in [2.75, 3.05) is 14.2 Å². The van der Waals surface area contributed by atoms with Crippen LogP contribution < -0.4 is 0 Å². The van der Waals surface area contributed by atoms with Crippen molar-refractivity contribution in [3.63, 3.8) is 0 Å². The maximum atomic E-state index is 12.1. The van der Waals surface area contributed by atoms with Gasteiger partial charge in [-0.25, -0.2) is 9.59 Å². The fourth-order valence-electron chi connectivity index (χ4n) is 2.76. The molecule has 0 aromatic carbocycles. The van der Waals surface area contributed by atoms with Gasteiger partial charge < -0.3 is 24.1 Å². The molecule has 0 fully saturated rings. The number of hydrogen-bond acceptors (Lipinski definition) is 7. The first-order chi connectivity index (χ1) is 13.8. The predicted octanol–water partition coefficient (Wildman–Crippen LogP) is 3.73. The highest BCUT2D eigenvalue weighted by Crippen LogP contribution is 2.38. The summed E-state index contributed by atoms with van der Waals surface area (Å²) in [4.78, 5) is 23.8. The van der Waals surface area contributed by atoms with Crippen LogP contribution in [0.25, 0.3) is 0 Å². The number of carbonyl (C=O) groups excluding carboxylic acids is 2. The van der Waals surface area contributed by atoms with E-state index >= 15 is 0 Å². The van der Waals surface area contributed by atoms with Crippen LogP contribution in [0.2, 0.25) is 18.1 Å². The number of ether oxygens (including phenoxy) is 2. The summed E-state index contributed by atoms with van der Waals surface area (Å²) < 4.78 is 15.6. The van der Waals surface area contributed by atoms with E-state index in [1.807, 2.05) is 0 Å². The summed E-state index contributed by atoms with van der Waals surface area (Å²) in [5, 5.41) is 21.6. The topological polar surface area (TPSA) is 102 Å². The monoisotopic (exact) mass is 446 g/mol. The third-order valence-electron chi connectivity index (χ3n) is 5.76. The Hall–Kier alpha value is -1.22. The average molecular weight is 447 g/mol. The molecule has 176 valence electrons. The van der Waals surface area contributed by atoms with Gasteiger partial charge in [0.05, 0.1) is 25.9 Å². The molecule has 0 aromatic heterocycles. The fraction of sp³-hybridized carbons (Fsp3) is 0.818. The summed E-state index contributed by atoms with van der Waals surface area (Å²) in [6.45, 7) is 12.6. The molecule has 0 aliphatic carbocycles. The lowest BCUT2D eigenvalue weighted by Gasteiger charge is -2.41. The molecule has 0 bridgehead atoms. The van der Waals surface area contributed by atoms with E-state index in [2.05, 4.69) is 50.3 Å². The Morgan fingerprint density at radius 2 is 1.57 bits per heavy atom. The van der Waals surface area contributed by atoms with E-state index in [0.29, 0.717) is 6.42 Å². The maximum absolute atomic E-state index is 12.1. The molecule has 0 saturated heterocycles. The zero-order valence-corrected chi connectivity index (χ0v) is 21.0. The van der Waals surface area contributed by atoms with Crippen molar-refractivity contribution in [1.82, 2.24) is 0 Å². The summed E-state index contributed by atoms with van der Waals surface area (Å²) >= 11 is 0. The van der Waals surface area contributed by atoms with Gasteiger partial charge in [0.15, 0.2) is 8.32 Å². The molecule has 3 atom stereocenters. The van der Waals surface area contributed by atoms with Gasteiger partial charge in [-0.05, 0) is 24.6 Å². The van der Waals surface area contributed by atoms with Crippen molar-refractivity contribution in [3.05, 3.63) is 11.6 Å². The van der Waals surface area contributed by atoms with Gasteiger partial charge in [0.1, 0.15) is 12.2 Å². The Balaban J connectivity index is 5.67.